The first-order chi connectivity index (χ1) is 18.9. The normalized spacial score (nSPS) is 14.7. The quantitative estimate of drug-likeness (QED) is 0.0700. The Morgan fingerprint density at radius 1 is 0.474 bits per heavy atom. The lowest BCUT2D eigenvalue weighted by Crippen LogP contribution is -2.35. The molecule has 1 fully saturated rings. The molecule has 38 heavy (non-hydrogen) atoms. The van der Waals surface area contributed by atoms with Crippen LogP contribution in [0.25, 0.3) is 0 Å². The van der Waals surface area contributed by atoms with Crippen molar-refractivity contribution >= 4 is 0 Å². The van der Waals surface area contributed by atoms with Gasteiger partial charge in [0.2, 0.25) is 0 Å². The lowest BCUT2D eigenvalue weighted by molar-refractivity contribution is 0.217. The zero-order valence-electron chi connectivity index (χ0n) is 26.4. The Bertz CT molecular complexity index is 505. The van der Waals surface area contributed by atoms with Gasteiger partial charge >= 0.3 is 0 Å². The van der Waals surface area contributed by atoms with Gasteiger partial charge in [0.15, 0.2) is 0 Å². The van der Waals surface area contributed by atoms with Crippen molar-refractivity contribution in [3.63, 3.8) is 0 Å². The lowest BCUT2D eigenvalue weighted by atomic mass is 10.1. The van der Waals surface area contributed by atoms with E-state index in [-0.39, 0.29) is 0 Å². The molecule has 2 heteroatoms. The van der Waals surface area contributed by atoms with Gasteiger partial charge < -0.3 is 9.80 Å². The maximum absolute atomic E-state index is 2.81. The summed E-state index contributed by atoms with van der Waals surface area (Å²) in [6, 6.07) is 0. The standard InChI is InChI=1S/C36H70N2/c1-3-5-7-9-11-13-14-15-16-17-18-19-20-21-22-24-26-28-32-37(35-36-38-33-29-30-34-38)31-27-25-23-12-10-8-6-4-2/h11,13,15-16H,3-10,12,14,17-36H2,1-2H3. The van der Waals surface area contributed by atoms with E-state index in [0.29, 0.717) is 0 Å². The molecule has 0 unspecified atom stereocenters. The van der Waals surface area contributed by atoms with Crippen LogP contribution in [-0.2, 0) is 0 Å². The Labute approximate surface area is 241 Å². The Morgan fingerprint density at radius 2 is 0.895 bits per heavy atom. The summed E-state index contributed by atoms with van der Waals surface area (Å²) in [5.41, 5.74) is 0. The van der Waals surface area contributed by atoms with Gasteiger partial charge in [-0.15, -0.1) is 0 Å². The zero-order chi connectivity index (χ0) is 27.2. The van der Waals surface area contributed by atoms with Gasteiger partial charge in [-0.2, -0.15) is 0 Å². The second-order valence-corrected chi connectivity index (χ2v) is 12.2. The van der Waals surface area contributed by atoms with Crippen molar-refractivity contribution in [3.05, 3.63) is 24.3 Å². The number of unbranched alkanes of at least 4 members (excludes halogenated alkanes) is 18. The minimum atomic E-state index is 1.13. The van der Waals surface area contributed by atoms with Crippen LogP contribution in [0.5, 0.6) is 0 Å². The second-order valence-electron chi connectivity index (χ2n) is 12.2. The third-order valence-electron chi connectivity index (χ3n) is 8.43. The highest BCUT2D eigenvalue weighted by atomic mass is 15.2. The second kappa shape index (κ2) is 29.4. The number of allylic oxidation sites excluding steroid dienone is 4. The molecule has 0 aliphatic carbocycles. The van der Waals surface area contributed by atoms with Gasteiger partial charge in [0, 0.05) is 13.1 Å². The summed E-state index contributed by atoms with van der Waals surface area (Å²) >= 11 is 0. The molecule has 0 aromatic rings. The molecule has 1 aliphatic rings. The van der Waals surface area contributed by atoms with E-state index in [0.717, 1.165) is 6.42 Å². The summed E-state index contributed by atoms with van der Waals surface area (Å²) in [7, 11) is 0. The van der Waals surface area contributed by atoms with Crippen LogP contribution < -0.4 is 0 Å². The van der Waals surface area contributed by atoms with Crippen molar-refractivity contribution in [2.75, 3.05) is 39.3 Å². The molecule has 0 amide bonds. The molecule has 2 nitrogen and oxygen atoms in total. The number of likely N-dealkylation sites (tertiary alicyclic amines) is 1. The topological polar surface area (TPSA) is 6.48 Å². The first-order valence-electron chi connectivity index (χ1n) is 17.6. The average molecular weight is 531 g/mol. The van der Waals surface area contributed by atoms with Crippen LogP contribution in [-0.4, -0.2) is 49.1 Å². The average Bonchev–Trinajstić information content (AvgIpc) is 3.46. The number of hydrogen-bond acceptors (Lipinski definition) is 2. The van der Waals surface area contributed by atoms with Crippen molar-refractivity contribution < 1.29 is 0 Å². The van der Waals surface area contributed by atoms with Crippen molar-refractivity contribution in [2.24, 2.45) is 0 Å². The van der Waals surface area contributed by atoms with Gasteiger partial charge in [-0.05, 0) is 84.0 Å². The smallest absolute Gasteiger partial charge is 0.0109 e. The van der Waals surface area contributed by atoms with Crippen molar-refractivity contribution in [1.29, 1.82) is 0 Å². The van der Waals surface area contributed by atoms with E-state index in [1.165, 1.54) is 187 Å². The van der Waals surface area contributed by atoms with Gasteiger partial charge in [-0.1, -0.05) is 134 Å². The third kappa shape index (κ3) is 24.4. The summed E-state index contributed by atoms with van der Waals surface area (Å²) in [5, 5.41) is 0. The fraction of sp³-hybridized carbons (Fsp3) is 0.889. The Balaban J connectivity index is 1.98. The summed E-state index contributed by atoms with van der Waals surface area (Å²) in [5.74, 6) is 0. The molecule has 0 N–H and O–H groups in total. The van der Waals surface area contributed by atoms with Crippen LogP contribution in [0.3, 0.4) is 0 Å². The minimum absolute atomic E-state index is 1.13. The third-order valence-corrected chi connectivity index (χ3v) is 8.43. The van der Waals surface area contributed by atoms with E-state index >= 15 is 0 Å². The van der Waals surface area contributed by atoms with Crippen LogP contribution in [0.15, 0.2) is 24.3 Å². The van der Waals surface area contributed by atoms with Crippen LogP contribution in [0.4, 0.5) is 0 Å². The van der Waals surface area contributed by atoms with E-state index in [4.69, 9.17) is 0 Å². The van der Waals surface area contributed by atoms with Gasteiger partial charge in [0.25, 0.3) is 0 Å². The molecule has 0 atom stereocenters. The summed E-state index contributed by atoms with van der Waals surface area (Å²) in [6.45, 7) is 12.6. The van der Waals surface area contributed by atoms with Crippen molar-refractivity contribution in [3.8, 4) is 0 Å². The van der Waals surface area contributed by atoms with Gasteiger partial charge in [-0.3, -0.25) is 0 Å². The molecule has 0 radical (unpaired) electrons. The highest BCUT2D eigenvalue weighted by Crippen LogP contribution is 2.13. The van der Waals surface area contributed by atoms with E-state index in [1.54, 1.807) is 0 Å². The first-order valence-corrected chi connectivity index (χ1v) is 17.6. The van der Waals surface area contributed by atoms with E-state index < -0.39 is 0 Å². The Hall–Kier alpha value is -0.600. The molecule has 0 spiro atoms. The first kappa shape index (κ1) is 35.4. The summed E-state index contributed by atoms with van der Waals surface area (Å²) in [4.78, 5) is 5.51. The summed E-state index contributed by atoms with van der Waals surface area (Å²) < 4.78 is 0. The molecule has 1 rings (SSSR count). The highest BCUT2D eigenvalue weighted by Gasteiger charge is 2.13. The maximum Gasteiger partial charge on any atom is 0.0109 e. The van der Waals surface area contributed by atoms with Gasteiger partial charge in [0.05, 0.1) is 0 Å². The lowest BCUT2D eigenvalue weighted by Gasteiger charge is -2.25. The molecule has 224 valence electrons. The molecular weight excluding hydrogens is 460 g/mol. The summed E-state index contributed by atoms with van der Waals surface area (Å²) in [6.07, 6.45) is 42.9. The van der Waals surface area contributed by atoms with E-state index in [2.05, 4.69) is 48.0 Å². The Morgan fingerprint density at radius 3 is 1.42 bits per heavy atom. The number of nitrogens with zero attached hydrogens (tertiary/aromatic N) is 2. The van der Waals surface area contributed by atoms with Crippen LogP contribution in [0.1, 0.15) is 168 Å². The molecule has 1 heterocycles. The zero-order valence-corrected chi connectivity index (χ0v) is 26.4. The van der Waals surface area contributed by atoms with E-state index in [9.17, 15) is 0 Å². The minimum Gasteiger partial charge on any atom is -0.302 e. The monoisotopic (exact) mass is 531 g/mol. The molecule has 0 saturated carbocycles. The SMILES string of the molecule is CCCCCC=CCC=CCCCCCCCCCCN(CCCCCCCCCC)CCN1CCCC1. The highest BCUT2D eigenvalue weighted by molar-refractivity contribution is 4.92. The molecule has 0 aromatic carbocycles. The fourth-order valence-corrected chi connectivity index (χ4v) is 5.77. The van der Waals surface area contributed by atoms with Crippen molar-refractivity contribution in [1.82, 2.24) is 9.80 Å². The predicted molar refractivity (Wildman–Crippen MR) is 173 cm³/mol. The number of rotatable bonds is 29. The van der Waals surface area contributed by atoms with Gasteiger partial charge in [0.1, 0.15) is 0 Å². The molecule has 1 saturated heterocycles. The number of hydrogen-bond donors (Lipinski definition) is 0. The fourth-order valence-electron chi connectivity index (χ4n) is 5.77. The van der Waals surface area contributed by atoms with Crippen molar-refractivity contribution in [2.45, 2.75) is 168 Å². The maximum atomic E-state index is 2.81. The molecular formula is C36H70N2. The van der Waals surface area contributed by atoms with E-state index in [1.807, 2.05) is 0 Å². The molecule has 0 bridgehead atoms. The molecule has 0 aromatic heterocycles. The Kier molecular flexibility index (Phi) is 27.4. The van der Waals surface area contributed by atoms with Crippen LogP contribution in [0, 0.1) is 0 Å². The van der Waals surface area contributed by atoms with Crippen LogP contribution >= 0.6 is 0 Å². The van der Waals surface area contributed by atoms with Gasteiger partial charge in [-0.25, -0.2) is 0 Å². The predicted octanol–water partition coefficient (Wildman–Crippen LogP) is 11.1. The molecule has 1 aliphatic heterocycles. The van der Waals surface area contributed by atoms with Crippen LogP contribution in [0.2, 0.25) is 0 Å². The largest absolute Gasteiger partial charge is 0.302 e.